The predicted octanol–water partition coefficient (Wildman–Crippen LogP) is 4.97. The van der Waals surface area contributed by atoms with E-state index in [2.05, 4.69) is 20.4 Å². The summed E-state index contributed by atoms with van der Waals surface area (Å²) in [7, 11) is 0. The molecule has 0 bridgehead atoms. The summed E-state index contributed by atoms with van der Waals surface area (Å²) in [6.07, 6.45) is 6.52. The zero-order valence-electron chi connectivity index (χ0n) is 14.8. The Balaban J connectivity index is 2.03. The first-order valence-corrected chi connectivity index (χ1v) is 8.97. The number of fused-ring (bicyclic) bond motifs is 1. The maximum atomic E-state index is 12.1. The van der Waals surface area contributed by atoms with Crippen molar-refractivity contribution >= 4 is 11.6 Å². The van der Waals surface area contributed by atoms with E-state index in [1.165, 1.54) is 5.57 Å². The van der Waals surface area contributed by atoms with Crippen LogP contribution in [0.5, 0.6) is 0 Å². The fourth-order valence-electron chi connectivity index (χ4n) is 4.39. The van der Waals surface area contributed by atoms with Gasteiger partial charge in [-0.2, -0.15) is 0 Å². The van der Waals surface area contributed by atoms with E-state index in [1.54, 1.807) is 0 Å². The molecule has 0 aromatic rings. The number of hydrogen-bond donors (Lipinski definition) is 0. The van der Waals surface area contributed by atoms with Crippen LogP contribution < -0.4 is 0 Å². The highest BCUT2D eigenvalue weighted by Crippen LogP contribution is 2.59. The smallest absolute Gasteiger partial charge is 0.136 e. The van der Waals surface area contributed by atoms with E-state index in [-0.39, 0.29) is 17.3 Å². The summed E-state index contributed by atoms with van der Waals surface area (Å²) in [5.41, 5.74) is 1.55. The van der Waals surface area contributed by atoms with Gasteiger partial charge in [0.05, 0.1) is 0 Å². The summed E-state index contributed by atoms with van der Waals surface area (Å²) in [5.74, 6) is 2.32. The van der Waals surface area contributed by atoms with Gasteiger partial charge in [0.1, 0.15) is 11.6 Å². The number of ketones is 2. The third-order valence-electron chi connectivity index (χ3n) is 6.33. The summed E-state index contributed by atoms with van der Waals surface area (Å²) in [4.78, 5) is 24.0. The summed E-state index contributed by atoms with van der Waals surface area (Å²) in [6, 6.07) is 0. The molecule has 124 valence electrons. The minimum atomic E-state index is 0.146. The highest BCUT2D eigenvalue weighted by Gasteiger charge is 2.50. The zero-order valence-corrected chi connectivity index (χ0v) is 14.8. The second-order valence-corrected chi connectivity index (χ2v) is 8.30. The van der Waals surface area contributed by atoms with Crippen molar-refractivity contribution in [2.24, 2.45) is 29.1 Å². The predicted molar refractivity (Wildman–Crippen MR) is 90.6 cm³/mol. The minimum absolute atomic E-state index is 0.146. The van der Waals surface area contributed by atoms with E-state index in [9.17, 15) is 9.59 Å². The van der Waals surface area contributed by atoms with Crippen LogP contribution in [0.3, 0.4) is 0 Å². The van der Waals surface area contributed by atoms with Crippen LogP contribution in [0.4, 0.5) is 0 Å². The summed E-state index contributed by atoms with van der Waals surface area (Å²) < 4.78 is 0. The Bertz CT molecular complexity index is 462. The SMILES string of the molecule is C=C1CCC(=O)[C@H](C)CC[C@@H]2[C@@H]1C[C@@]2(C)CCC(=O)C(C)C. The first-order valence-electron chi connectivity index (χ1n) is 8.97. The maximum absolute atomic E-state index is 12.1. The van der Waals surface area contributed by atoms with Crippen molar-refractivity contribution in [3.63, 3.8) is 0 Å². The molecule has 2 heteroatoms. The average molecular weight is 304 g/mol. The third-order valence-corrected chi connectivity index (χ3v) is 6.33. The number of hydrogen-bond acceptors (Lipinski definition) is 2. The number of Topliss-reactive ketones (excluding diaryl/α,β-unsaturated/α-hetero) is 2. The summed E-state index contributed by atoms with van der Waals surface area (Å²) in [5, 5.41) is 0. The number of carbonyl (C=O) groups excluding carboxylic acids is 2. The van der Waals surface area contributed by atoms with Crippen molar-refractivity contribution in [2.75, 3.05) is 0 Å². The van der Waals surface area contributed by atoms with Gasteiger partial charge >= 0.3 is 0 Å². The van der Waals surface area contributed by atoms with Crippen LogP contribution in [0.2, 0.25) is 0 Å². The Morgan fingerprint density at radius 1 is 1.32 bits per heavy atom. The Hall–Kier alpha value is -0.920. The van der Waals surface area contributed by atoms with E-state index in [1.807, 2.05) is 13.8 Å². The quantitative estimate of drug-likeness (QED) is 0.687. The molecule has 2 aliphatic rings. The van der Waals surface area contributed by atoms with Crippen molar-refractivity contribution in [1.82, 2.24) is 0 Å². The molecule has 2 nitrogen and oxygen atoms in total. The number of allylic oxidation sites excluding steroid dienone is 1. The lowest BCUT2D eigenvalue weighted by molar-refractivity contribution is -0.124. The van der Waals surface area contributed by atoms with Crippen molar-refractivity contribution in [3.8, 4) is 0 Å². The standard InChI is InChI=1S/C20H32O2/c1-13(2)18(21)10-11-20(5)12-16-14(3)7-9-19(22)15(4)6-8-17(16)20/h13,15-17H,3,6-12H2,1-2,4-5H3/t15-,16-,17-,20-/m1/s1. The van der Waals surface area contributed by atoms with Crippen LogP contribution in [-0.4, -0.2) is 11.6 Å². The Kier molecular flexibility index (Phi) is 5.29. The summed E-state index contributed by atoms with van der Waals surface area (Å²) >= 11 is 0. The topological polar surface area (TPSA) is 34.1 Å². The molecule has 0 N–H and O–H groups in total. The molecule has 0 spiro atoms. The molecule has 2 rings (SSSR count). The molecular formula is C20H32O2. The van der Waals surface area contributed by atoms with Gasteiger partial charge in [-0.05, 0) is 49.4 Å². The molecule has 0 saturated heterocycles. The fourth-order valence-corrected chi connectivity index (χ4v) is 4.39. The summed E-state index contributed by atoms with van der Waals surface area (Å²) in [6.45, 7) is 12.7. The fraction of sp³-hybridized carbons (Fsp3) is 0.800. The van der Waals surface area contributed by atoms with Crippen LogP contribution in [-0.2, 0) is 9.59 Å². The zero-order chi connectivity index (χ0) is 16.5. The lowest BCUT2D eigenvalue weighted by Gasteiger charge is -2.55. The average Bonchev–Trinajstić information content (AvgIpc) is 2.49. The van der Waals surface area contributed by atoms with Crippen LogP contribution in [0.25, 0.3) is 0 Å². The van der Waals surface area contributed by atoms with Crippen LogP contribution in [0, 0.1) is 29.1 Å². The Labute approximate surface area is 135 Å². The van der Waals surface area contributed by atoms with Crippen molar-refractivity contribution in [2.45, 2.75) is 72.6 Å². The first-order chi connectivity index (χ1) is 10.2. The van der Waals surface area contributed by atoms with Gasteiger partial charge in [-0.1, -0.05) is 39.8 Å². The van der Waals surface area contributed by atoms with Crippen LogP contribution >= 0.6 is 0 Å². The molecule has 4 atom stereocenters. The van der Waals surface area contributed by atoms with E-state index in [4.69, 9.17) is 0 Å². The van der Waals surface area contributed by atoms with Gasteiger partial charge in [0, 0.05) is 24.7 Å². The largest absolute Gasteiger partial charge is 0.299 e. The molecule has 22 heavy (non-hydrogen) atoms. The van der Waals surface area contributed by atoms with Crippen LogP contribution in [0.1, 0.15) is 72.6 Å². The van der Waals surface area contributed by atoms with Gasteiger partial charge in [0.2, 0.25) is 0 Å². The van der Waals surface area contributed by atoms with Crippen molar-refractivity contribution in [1.29, 1.82) is 0 Å². The molecule has 0 radical (unpaired) electrons. The highest BCUT2D eigenvalue weighted by molar-refractivity contribution is 5.81. The second-order valence-electron chi connectivity index (χ2n) is 8.30. The normalized spacial score (nSPS) is 36.1. The van der Waals surface area contributed by atoms with Gasteiger partial charge in [0.15, 0.2) is 0 Å². The van der Waals surface area contributed by atoms with Crippen molar-refractivity contribution < 1.29 is 9.59 Å². The molecule has 0 amide bonds. The lowest BCUT2D eigenvalue weighted by Crippen LogP contribution is -2.47. The molecule has 0 heterocycles. The molecule has 0 unspecified atom stereocenters. The molecule has 0 aromatic heterocycles. The van der Waals surface area contributed by atoms with Gasteiger partial charge in [-0.3, -0.25) is 9.59 Å². The Morgan fingerprint density at radius 3 is 2.64 bits per heavy atom. The van der Waals surface area contributed by atoms with E-state index < -0.39 is 0 Å². The molecule has 2 saturated carbocycles. The maximum Gasteiger partial charge on any atom is 0.136 e. The van der Waals surface area contributed by atoms with Gasteiger partial charge in [0.25, 0.3) is 0 Å². The second kappa shape index (κ2) is 6.68. The molecule has 2 aliphatic carbocycles. The van der Waals surface area contributed by atoms with E-state index in [0.717, 1.165) is 32.1 Å². The van der Waals surface area contributed by atoms with Gasteiger partial charge in [-0.15, -0.1) is 0 Å². The Morgan fingerprint density at radius 2 is 2.00 bits per heavy atom. The highest BCUT2D eigenvalue weighted by atomic mass is 16.1. The van der Waals surface area contributed by atoms with Crippen molar-refractivity contribution in [3.05, 3.63) is 12.2 Å². The number of carbonyl (C=O) groups is 2. The molecular weight excluding hydrogens is 272 g/mol. The van der Waals surface area contributed by atoms with E-state index >= 15 is 0 Å². The van der Waals surface area contributed by atoms with Gasteiger partial charge in [-0.25, -0.2) is 0 Å². The molecule has 2 fully saturated rings. The van der Waals surface area contributed by atoms with E-state index in [0.29, 0.717) is 36.2 Å². The monoisotopic (exact) mass is 304 g/mol. The first kappa shape index (κ1) is 17.4. The lowest BCUT2D eigenvalue weighted by atomic mass is 9.50. The van der Waals surface area contributed by atoms with Crippen LogP contribution in [0.15, 0.2) is 12.2 Å². The third kappa shape index (κ3) is 3.52. The van der Waals surface area contributed by atoms with Gasteiger partial charge < -0.3 is 0 Å². The molecule has 0 aromatic carbocycles. The number of rotatable bonds is 4. The molecule has 0 aliphatic heterocycles. The minimum Gasteiger partial charge on any atom is -0.299 e.